The second-order valence-corrected chi connectivity index (χ2v) is 7.40. The topological polar surface area (TPSA) is 55.8 Å². The normalized spacial score (nSPS) is 17.9. The number of halogens is 1. The fraction of sp³-hybridized carbons (Fsp3) is 0.350. The van der Waals surface area contributed by atoms with Gasteiger partial charge in [0.2, 0.25) is 0 Å². The van der Waals surface area contributed by atoms with Crippen molar-refractivity contribution in [3.05, 3.63) is 53.6 Å². The molecule has 3 heterocycles. The number of nitrogens with zero attached hydrogens (tertiary/aromatic N) is 4. The van der Waals surface area contributed by atoms with Gasteiger partial charge in [0.1, 0.15) is 11.5 Å². The minimum Gasteiger partial charge on any atom is -0.383 e. The average molecular weight is 399 g/mol. The number of aromatic nitrogens is 1. The smallest absolute Gasteiger partial charge is 0.189 e. The van der Waals surface area contributed by atoms with Crippen LogP contribution in [0.5, 0.6) is 0 Å². The molecule has 0 spiro atoms. The fourth-order valence-electron chi connectivity index (χ4n) is 3.46. The van der Waals surface area contributed by atoms with E-state index in [4.69, 9.17) is 12.2 Å². The van der Waals surface area contributed by atoms with E-state index < -0.39 is 0 Å². The molecular formula is C20H23FN6S. The number of hydrogen-bond acceptors (Lipinski definition) is 5. The van der Waals surface area contributed by atoms with Crippen LogP contribution < -0.4 is 15.6 Å². The van der Waals surface area contributed by atoms with Crippen LogP contribution >= 0.6 is 12.2 Å². The molecule has 1 saturated heterocycles. The molecule has 146 valence electrons. The molecule has 0 saturated carbocycles. The van der Waals surface area contributed by atoms with Crippen LogP contribution in [0.25, 0.3) is 0 Å². The molecule has 6 nitrogen and oxygen atoms in total. The van der Waals surface area contributed by atoms with E-state index in [0.29, 0.717) is 29.5 Å². The quantitative estimate of drug-likeness (QED) is 0.599. The second-order valence-electron chi connectivity index (χ2n) is 7.01. The van der Waals surface area contributed by atoms with Crippen molar-refractivity contribution in [2.24, 2.45) is 5.10 Å². The van der Waals surface area contributed by atoms with Crippen LogP contribution in [-0.2, 0) is 0 Å². The lowest BCUT2D eigenvalue weighted by molar-refractivity contribution is 0.381. The molecular weight excluding hydrogens is 375 g/mol. The van der Waals surface area contributed by atoms with Gasteiger partial charge in [0.15, 0.2) is 5.11 Å². The zero-order valence-electron chi connectivity index (χ0n) is 15.8. The summed E-state index contributed by atoms with van der Waals surface area (Å²) in [5.74, 6) is -0.359. The van der Waals surface area contributed by atoms with Gasteiger partial charge in [0.25, 0.3) is 0 Å². The first kappa shape index (κ1) is 18.6. The van der Waals surface area contributed by atoms with Gasteiger partial charge < -0.3 is 15.1 Å². The van der Waals surface area contributed by atoms with Crippen molar-refractivity contribution in [3.63, 3.8) is 0 Å². The van der Waals surface area contributed by atoms with Crippen LogP contribution in [0.1, 0.15) is 17.7 Å². The van der Waals surface area contributed by atoms with Crippen LogP contribution in [0.2, 0.25) is 0 Å². The lowest BCUT2D eigenvalue weighted by Crippen LogP contribution is -2.51. The van der Waals surface area contributed by atoms with Crippen molar-refractivity contribution in [2.75, 3.05) is 42.9 Å². The van der Waals surface area contributed by atoms with Crippen LogP contribution in [0, 0.1) is 12.7 Å². The number of aryl methyl sites for hydroxylation is 1. The largest absolute Gasteiger partial charge is 0.383 e. The Labute approximate surface area is 169 Å². The molecule has 1 aromatic carbocycles. The summed E-state index contributed by atoms with van der Waals surface area (Å²) in [5.41, 5.74) is 7.65. The predicted molar refractivity (Wildman–Crippen MR) is 115 cm³/mol. The van der Waals surface area contributed by atoms with E-state index in [9.17, 15) is 4.39 Å². The number of anilines is 2. The van der Waals surface area contributed by atoms with E-state index >= 15 is 0 Å². The molecule has 2 N–H and O–H groups in total. The maximum atomic E-state index is 13.4. The van der Waals surface area contributed by atoms with Crippen LogP contribution in [0.3, 0.4) is 0 Å². The first-order chi connectivity index (χ1) is 13.6. The van der Waals surface area contributed by atoms with Gasteiger partial charge in [0, 0.05) is 50.9 Å². The van der Waals surface area contributed by atoms with Gasteiger partial charge in [-0.3, -0.25) is 5.43 Å². The van der Waals surface area contributed by atoms with Crippen LogP contribution in [-0.4, -0.2) is 53.4 Å². The van der Waals surface area contributed by atoms with Gasteiger partial charge in [-0.25, -0.2) is 9.37 Å². The summed E-state index contributed by atoms with van der Waals surface area (Å²) < 4.78 is 13.4. The molecule has 8 heteroatoms. The van der Waals surface area contributed by atoms with Gasteiger partial charge in [0.05, 0.1) is 17.6 Å². The summed E-state index contributed by atoms with van der Waals surface area (Å²) in [4.78, 5) is 8.66. The summed E-state index contributed by atoms with van der Waals surface area (Å²) >= 11 is 5.53. The van der Waals surface area contributed by atoms with E-state index in [0.717, 1.165) is 31.9 Å². The summed E-state index contributed by atoms with van der Waals surface area (Å²) in [6.07, 6.45) is 1.92. The summed E-state index contributed by atoms with van der Waals surface area (Å²) in [7, 11) is 0. The number of pyridine rings is 1. The van der Waals surface area contributed by atoms with Gasteiger partial charge in [-0.15, -0.1) is 0 Å². The Morgan fingerprint density at radius 3 is 2.71 bits per heavy atom. The molecule has 1 aromatic heterocycles. The van der Waals surface area contributed by atoms with E-state index in [-0.39, 0.29) is 5.82 Å². The van der Waals surface area contributed by atoms with Crippen molar-refractivity contribution in [3.8, 4) is 0 Å². The first-order valence-corrected chi connectivity index (χ1v) is 9.84. The molecule has 0 amide bonds. The molecule has 28 heavy (non-hydrogen) atoms. The molecule has 4 rings (SSSR count). The number of fused-ring (bicyclic) bond motifs is 1. The zero-order valence-corrected chi connectivity index (χ0v) is 16.6. The third kappa shape index (κ3) is 4.06. The van der Waals surface area contributed by atoms with Crippen molar-refractivity contribution < 1.29 is 4.39 Å². The number of rotatable bonds is 2. The third-order valence-corrected chi connectivity index (χ3v) is 5.41. The number of piperazine rings is 1. The van der Waals surface area contributed by atoms with E-state index in [1.807, 2.05) is 0 Å². The van der Waals surface area contributed by atoms with Crippen molar-refractivity contribution in [1.29, 1.82) is 0 Å². The van der Waals surface area contributed by atoms with Gasteiger partial charge in [-0.1, -0.05) is 17.7 Å². The maximum Gasteiger partial charge on any atom is 0.189 e. The van der Waals surface area contributed by atoms with Crippen LogP contribution in [0.4, 0.5) is 15.8 Å². The highest BCUT2D eigenvalue weighted by Gasteiger charge is 2.21. The Hall–Kier alpha value is -2.74. The minimum atomic E-state index is -0.359. The number of hydrogen-bond donors (Lipinski definition) is 2. The lowest BCUT2D eigenvalue weighted by atomic mass is 10.1. The highest BCUT2D eigenvalue weighted by Crippen LogP contribution is 2.21. The number of benzene rings is 1. The predicted octanol–water partition coefficient (Wildman–Crippen LogP) is 2.75. The van der Waals surface area contributed by atoms with Gasteiger partial charge in [-0.2, -0.15) is 5.10 Å². The molecule has 0 unspecified atom stereocenters. The molecule has 1 fully saturated rings. The SMILES string of the molecule is Cc1ccc(N2CCN(C(=S)N/N=C3/CCNc4cc(F)cnc43)CC2)cc1. The highest BCUT2D eigenvalue weighted by atomic mass is 32.1. The fourth-order valence-corrected chi connectivity index (χ4v) is 3.68. The Kier molecular flexibility index (Phi) is 5.38. The molecule has 2 aliphatic heterocycles. The average Bonchev–Trinajstić information content (AvgIpc) is 2.72. The molecule has 2 aliphatic rings. The van der Waals surface area contributed by atoms with Crippen molar-refractivity contribution in [2.45, 2.75) is 13.3 Å². The van der Waals surface area contributed by atoms with Crippen LogP contribution in [0.15, 0.2) is 41.6 Å². The standard InChI is InChI=1S/C20H23FN6S/c1-14-2-4-16(5-3-14)26-8-10-27(11-9-26)20(28)25-24-17-6-7-22-18-12-15(21)13-23-19(17)18/h2-5,12-13,22H,6-11H2,1H3,(H,25,28)/b24-17-. The monoisotopic (exact) mass is 398 g/mol. The Morgan fingerprint density at radius 2 is 1.96 bits per heavy atom. The van der Waals surface area contributed by atoms with Crippen molar-refractivity contribution in [1.82, 2.24) is 15.3 Å². The Morgan fingerprint density at radius 1 is 1.21 bits per heavy atom. The van der Waals surface area contributed by atoms with Gasteiger partial charge >= 0.3 is 0 Å². The molecule has 0 aliphatic carbocycles. The van der Waals surface area contributed by atoms with Crippen molar-refractivity contribution >= 4 is 34.4 Å². The van der Waals surface area contributed by atoms with E-state index in [2.05, 4.69) is 61.8 Å². The zero-order chi connectivity index (χ0) is 19.5. The Bertz CT molecular complexity index is 890. The lowest BCUT2D eigenvalue weighted by Gasteiger charge is -2.37. The van der Waals surface area contributed by atoms with Gasteiger partial charge in [-0.05, 0) is 31.3 Å². The third-order valence-electron chi connectivity index (χ3n) is 5.06. The molecule has 0 atom stereocenters. The summed E-state index contributed by atoms with van der Waals surface area (Å²) in [5, 5.41) is 8.22. The molecule has 0 radical (unpaired) electrons. The highest BCUT2D eigenvalue weighted by molar-refractivity contribution is 7.80. The Balaban J connectivity index is 1.35. The first-order valence-electron chi connectivity index (χ1n) is 9.43. The van der Waals surface area contributed by atoms with E-state index in [1.54, 1.807) is 0 Å². The number of nitrogens with one attached hydrogen (secondary N) is 2. The maximum absolute atomic E-state index is 13.4. The second kappa shape index (κ2) is 8.10. The molecule has 0 bridgehead atoms. The number of hydrazone groups is 1. The van der Waals surface area contributed by atoms with E-state index in [1.165, 1.54) is 23.5 Å². The summed E-state index contributed by atoms with van der Waals surface area (Å²) in [6, 6.07) is 10.1. The molecule has 2 aromatic rings. The number of thiocarbonyl (C=S) groups is 1. The summed E-state index contributed by atoms with van der Waals surface area (Å²) in [6.45, 7) is 6.29. The minimum absolute atomic E-state index is 0.359.